The lowest BCUT2D eigenvalue weighted by molar-refractivity contribution is -0.117. The average molecular weight is 261 g/mol. The first-order valence-electron chi connectivity index (χ1n) is 6.84. The molecule has 1 amide bonds. The quantitative estimate of drug-likeness (QED) is 0.910. The number of benzene rings is 1. The molecule has 19 heavy (non-hydrogen) atoms. The summed E-state index contributed by atoms with van der Waals surface area (Å²) in [5.41, 5.74) is 3.10. The molecular formula is C15H21N2O2-. The third-order valence-electron chi connectivity index (χ3n) is 3.79. The molecule has 1 aliphatic heterocycles. The van der Waals surface area contributed by atoms with Gasteiger partial charge in [0.15, 0.2) is 0 Å². The number of nitrogens with zero attached hydrogens (tertiary/aromatic N) is 1. The van der Waals surface area contributed by atoms with E-state index in [1.165, 1.54) is 0 Å². The minimum atomic E-state index is 0.0572. The third kappa shape index (κ3) is 3.78. The van der Waals surface area contributed by atoms with Crippen LogP contribution in [0.4, 0.5) is 5.69 Å². The molecule has 0 aromatic heterocycles. The van der Waals surface area contributed by atoms with Gasteiger partial charge in [-0.1, -0.05) is 18.2 Å². The van der Waals surface area contributed by atoms with Crippen molar-refractivity contribution in [2.24, 2.45) is 5.92 Å². The molecule has 4 heteroatoms. The number of para-hydroxylation sites is 1. The van der Waals surface area contributed by atoms with Crippen LogP contribution in [0.2, 0.25) is 0 Å². The van der Waals surface area contributed by atoms with Gasteiger partial charge in [-0.15, -0.1) is 0 Å². The largest absolute Gasteiger partial charge is 0.785 e. The Bertz CT molecular complexity index is 431. The fraction of sp³-hybridized carbons (Fsp3) is 0.533. The molecule has 1 N–H and O–H groups in total. The lowest BCUT2D eigenvalue weighted by Gasteiger charge is -2.36. The SMILES string of the molecule is Cc1cccc(C)c1NC(=O)CC1CCN([O-])CC1. The Balaban J connectivity index is 1.91. The van der Waals surface area contributed by atoms with Crippen molar-refractivity contribution < 1.29 is 4.79 Å². The van der Waals surface area contributed by atoms with E-state index in [2.05, 4.69) is 5.32 Å². The van der Waals surface area contributed by atoms with Gasteiger partial charge in [0, 0.05) is 12.1 Å². The van der Waals surface area contributed by atoms with E-state index < -0.39 is 0 Å². The van der Waals surface area contributed by atoms with Gasteiger partial charge in [-0.05, 0) is 56.8 Å². The van der Waals surface area contributed by atoms with E-state index in [-0.39, 0.29) is 5.91 Å². The molecule has 1 aromatic carbocycles. The molecule has 4 nitrogen and oxygen atoms in total. The standard InChI is InChI=1S/C15H21N2O2/c1-11-4-3-5-12(2)15(11)16-14(18)10-13-6-8-17(19)9-7-13/h3-5,13H,6-10H2,1-2H3,(H,16,18)/q-1. The summed E-state index contributed by atoms with van der Waals surface area (Å²) in [5.74, 6) is 0.399. The van der Waals surface area contributed by atoms with Crippen LogP contribution < -0.4 is 5.32 Å². The molecule has 1 saturated heterocycles. The summed E-state index contributed by atoms with van der Waals surface area (Å²) in [7, 11) is 0. The zero-order chi connectivity index (χ0) is 13.8. The van der Waals surface area contributed by atoms with Crippen LogP contribution in [0.25, 0.3) is 0 Å². The average Bonchev–Trinajstić information content (AvgIpc) is 2.37. The van der Waals surface area contributed by atoms with E-state index in [1.54, 1.807) is 0 Å². The first-order chi connectivity index (χ1) is 9.06. The van der Waals surface area contributed by atoms with Crippen molar-refractivity contribution in [1.82, 2.24) is 5.06 Å². The Kier molecular flexibility index (Phi) is 4.56. The highest BCUT2D eigenvalue weighted by Crippen LogP contribution is 2.23. The molecule has 0 atom stereocenters. The number of carbonyl (C=O) groups is 1. The van der Waals surface area contributed by atoms with Crippen molar-refractivity contribution in [2.75, 3.05) is 18.4 Å². The van der Waals surface area contributed by atoms with Crippen LogP contribution in [0.5, 0.6) is 0 Å². The molecule has 0 unspecified atom stereocenters. The topological polar surface area (TPSA) is 55.4 Å². The van der Waals surface area contributed by atoms with Gasteiger partial charge in [0.05, 0.1) is 0 Å². The molecule has 1 aliphatic rings. The molecule has 0 saturated carbocycles. The zero-order valence-corrected chi connectivity index (χ0v) is 11.6. The highest BCUT2D eigenvalue weighted by molar-refractivity contribution is 5.92. The lowest BCUT2D eigenvalue weighted by Crippen LogP contribution is -2.30. The van der Waals surface area contributed by atoms with Gasteiger partial charge < -0.3 is 15.6 Å². The Morgan fingerprint density at radius 2 is 1.89 bits per heavy atom. The van der Waals surface area contributed by atoms with Crippen molar-refractivity contribution >= 4 is 11.6 Å². The van der Waals surface area contributed by atoms with Crippen molar-refractivity contribution in [3.63, 3.8) is 0 Å². The molecule has 0 spiro atoms. The minimum absolute atomic E-state index is 0.0572. The van der Waals surface area contributed by atoms with Gasteiger partial charge >= 0.3 is 0 Å². The van der Waals surface area contributed by atoms with Crippen LogP contribution in [0.3, 0.4) is 0 Å². The van der Waals surface area contributed by atoms with Crippen LogP contribution in [0.15, 0.2) is 18.2 Å². The second-order valence-corrected chi connectivity index (χ2v) is 5.39. The summed E-state index contributed by atoms with van der Waals surface area (Å²) in [6.45, 7) is 5.11. The number of amides is 1. The van der Waals surface area contributed by atoms with E-state index in [0.717, 1.165) is 34.7 Å². The Hall–Kier alpha value is -1.39. The molecular weight excluding hydrogens is 240 g/mol. The molecule has 1 fully saturated rings. The van der Waals surface area contributed by atoms with E-state index >= 15 is 0 Å². The van der Waals surface area contributed by atoms with Gasteiger partial charge in [-0.2, -0.15) is 0 Å². The summed E-state index contributed by atoms with van der Waals surface area (Å²) in [4.78, 5) is 12.1. The maximum absolute atomic E-state index is 12.1. The zero-order valence-electron chi connectivity index (χ0n) is 11.6. The van der Waals surface area contributed by atoms with Crippen LogP contribution in [0, 0.1) is 25.0 Å². The summed E-state index contributed by atoms with van der Waals surface area (Å²) in [5, 5.41) is 15.2. The number of anilines is 1. The number of nitrogens with one attached hydrogen (secondary N) is 1. The number of hydrogen-bond acceptors (Lipinski definition) is 3. The summed E-state index contributed by atoms with van der Waals surface area (Å²) >= 11 is 0. The highest BCUT2D eigenvalue weighted by Gasteiger charge is 2.18. The first-order valence-corrected chi connectivity index (χ1v) is 6.84. The fourth-order valence-corrected chi connectivity index (χ4v) is 2.58. The number of piperidine rings is 1. The normalized spacial score (nSPS) is 17.4. The monoisotopic (exact) mass is 261 g/mol. The van der Waals surface area contributed by atoms with Crippen molar-refractivity contribution in [3.05, 3.63) is 34.5 Å². The predicted octanol–water partition coefficient (Wildman–Crippen LogP) is 2.84. The van der Waals surface area contributed by atoms with E-state index in [4.69, 9.17) is 0 Å². The molecule has 2 rings (SSSR count). The molecule has 1 aromatic rings. The van der Waals surface area contributed by atoms with Crippen molar-refractivity contribution in [2.45, 2.75) is 33.1 Å². The molecule has 0 bridgehead atoms. The highest BCUT2D eigenvalue weighted by atomic mass is 16.5. The summed E-state index contributed by atoms with van der Waals surface area (Å²) in [6.07, 6.45) is 2.16. The smallest absolute Gasteiger partial charge is 0.224 e. The van der Waals surface area contributed by atoms with Crippen LogP contribution in [-0.4, -0.2) is 24.1 Å². The second-order valence-electron chi connectivity index (χ2n) is 5.39. The minimum Gasteiger partial charge on any atom is -0.785 e. The predicted molar refractivity (Wildman–Crippen MR) is 76.8 cm³/mol. The molecule has 0 aliphatic carbocycles. The molecule has 1 heterocycles. The third-order valence-corrected chi connectivity index (χ3v) is 3.79. The van der Waals surface area contributed by atoms with Crippen LogP contribution in [0.1, 0.15) is 30.4 Å². The lowest BCUT2D eigenvalue weighted by atomic mass is 9.94. The molecule has 0 radical (unpaired) electrons. The van der Waals surface area contributed by atoms with Crippen molar-refractivity contribution in [1.29, 1.82) is 0 Å². The number of hydrogen-bond donors (Lipinski definition) is 1. The number of carbonyl (C=O) groups excluding carboxylic acids is 1. The Morgan fingerprint density at radius 1 is 1.32 bits per heavy atom. The maximum atomic E-state index is 12.1. The van der Waals surface area contributed by atoms with E-state index in [1.807, 2.05) is 32.0 Å². The van der Waals surface area contributed by atoms with Gasteiger partial charge in [0.25, 0.3) is 0 Å². The Labute approximate surface area is 114 Å². The number of aryl methyl sites for hydroxylation is 2. The molecule has 104 valence electrons. The van der Waals surface area contributed by atoms with Crippen LogP contribution in [-0.2, 0) is 4.79 Å². The Morgan fingerprint density at radius 3 is 2.47 bits per heavy atom. The second kappa shape index (κ2) is 6.17. The fourth-order valence-electron chi connectivity index (χ4n) is 2.58. The number of rotatable bonds is 3. The van der Waals surface area contributed by atoms with Gasteiger partial charge in [-0.3, -0.25) is 4.79 Å². The van der Waals surface area contributed by atoms with Gasteiger partial charge in [0.2, 0.25) is 5.91 Å². The first kappa shape index (κ1) is 14.0. The van der Waals surface area contributed by atoms with Gasteiger partial charge in [0.1, 0.15) is 0 Å². The van der Waals surface area contributed by atoms with Crippen molar-refractivity contribution in [3.8, 4) is 0 Å². The summed E-state index contributed by atoms with van der Waals surface area (Å²) < 4.78 is 0. The van der Waals surface area contributed by atoms with E-state index in [0.29, 0.717) is 25.4 Å². The maximum Gasteiger partial charge on any atom is 0.224 e. The summed E-state index contributed by atoms with van der Waals surface area (Å²) in [6, 6.07) is 5.99. The van der Waals surface area contributed by atoms with Gasteiger partial charge in [-0.25, -0.2) is 0 Å². The van der Waals surface area contributed by atoms with Crippen LogP contribution >= 0.6 is 0 Å². The van der Waals surface area contributed by atoms with E-state index in [9.17, 15) is 10.0 Å². The number of hydroxylamine groups is 2.